The van der Waals surface area contributed by atoms with Crippen LogP contribution in [0.15, 0.2) is 69.1 Å². The molecule has 218 valence electrons. The molecule has 0 aliphatic carbocycles. The van der Waals surface area contributed by atoms with Crippen molar-refractivity contribution in [1.82, 2.24) is 13.9 Å². The van der Waals surface area contributed by atoms with E-state index in [2.05, 4.69) is 5.32 Å². The van der Waals surface area contributed by atoms with Crippen LogP contribution in [-0.4, -0.2) is 24.2 Å². The highest BCUT2D eigenvalue weighted by Gasteiger charge is 2.38. The van der Waals surface area contributed by atoms with Gasteiger partial charge in [-0.05, 0) is 56.2 Å². The Morgan fingerprint density at radius 2 is 1.72 bits per heavy atom. The highest BCUT2D eigenvalue weighted by molar-refractivity contribution is 8.27. The zero-order valence-corrected chi connectivity index (χ0v) is 26.2. The second kappa shape index (κ2) is 12.1. The first kappa shape index (κ1) is 30.1. The Balaban J connectivity index is 1.62. The van der Waals surface area contributed by atoms with Gasteiger partial charge < -0.3 is 5.32 Å². The summed E-state index contributed by atoms with van der Waals surface area (Å²) in [6.07, 6.45) is 1.63. The number of amides is 1. The smallest absolute Gasteiger partial charge is 0.296 e. The molecule has 0 saturated carbocycles. The van der Waals surface area contributed by atoms with Crippen LogP contribution in [0, 0.1) is 25.2 Å². The van der Waals surface area contributed by atoms with E-state index in [1.165, 1.54) is 14.1 Å². The number of halogens is 1. The standard InChI is InChI=1S/C31H27ClN6O3S2/c1-5-36-27(34-17-20-11-9-10-14-24(20)32)22(18(2)23(16-33)28(36)39)15-25-29(40)37(31(42)43-25)26-19(3)35(4)38(30(26)41)21-12-7-6-8-13-21/h6-15,34H,5,17H2,1-4H3/b25-15+. The Kier molecular flexibility index (Phi) is 8.46. The molecule has 0 spiro atoms. The van der Waals surface area contributed by atoms with Crippen LogP contribution < -0.4 is 21.3 Å². The van der Waals surface area contributed by atoms with Gasteiger partial charge >= 0.3 is 0 Å². The number of aromatic nitrogens is 3. The molecule has 9 nitrogen and oxygen atoms in total. The Hall–Kier alpha value is -4.37. The number of nitrogens with zero attached hydrogens (tertiary/aromatic N) is 5. The number of thiocarbonyl (C=S) groups is 1. The number of rotatable bonds is 7. The third-order valence-corrected chi connectivity index (χ3v) is 9.08. The van der Waals surface area contributed by atoms with Gasteiger partial charge in [-0.15, -0.1) is 0 Å². The van der Waals surface area contributed by atoms with Crippen molar-refractivity contribution in [3.8, 4) is 11.8 Å². The number of carbonyl (C=O) groups excluding carboxylic acids is 1. The van der Waals surface area contributed by atoms with E-state index in [0.717, 1.165) is 17.3 Å². The van der Waals surface area contributed by atoms with E-state index in [9.17, 15) is 19.6 Å². The van der Waals surface area contributed by atoms with Gasteiger partial charge in [0, 0.05) is 30.7 Å². The second-order valence-corrected chi connectivity index (χ2v) is 11.9. The number of anilines is 2. The van der Waals surface area contributed by atoms with Crippen LogP contribution in [-0.2, 0) is 24.9 Å². The predicted octanol–water partition coefficient (Wildman–Crippen LogP) is 5.52. The largest absolute Gasteiger partial charge is 0.367 e. The van der Waals surface area contributed by atoms with Gasteiger partial charge in [0.2, 0.25) is 0 Å². The number of nitriles is 1. The first-order valence-electron chi connectivity index (χ1n) is 13.4. The highest BCUT2D eigenvalue weighted by Crippen LogP contribution is 2.38. The topological polar surface area (TPSA) is 105 Å². The number of pyridine rings is 1. The molecular formula is C31H27ClN6O3S2. The Bertz CT molecular complexity index is 1990. The summed E-state index contributed by atoms with van der Waals surface area (Å²) < 4.78 is 4.85. The number of benzene rings is 2. The fourth-order valence-corrected chi connectivity index (χ4v) is 6.53. The van der Waals surface area contributed by atoms with Crippen molar-refractivity contribution in [2.24, 2.45) is 7.05 Å². The summed E-state index contributed by atoms with van der Waals surface area (Å²) >= 11 is 13.1. The minimum Gasteiger partial charge on any atom is -0.367 e. The monoisotopic (exact) mass is 630 g/mol. The first-order valence-corrected chi connectivity index (χ1v) is 15.0. The summed E-state index contributed by atoms with van der Waals surface area (Å²) in [6.45, 7) is 5.82. The highest BCUT2D eigenvalue weighted by atomic mass is 35.5. The van der Waals surface area contributed by atoms with Crippen molar-refractivity contribution in [1.29, 1.82) is 5.26 Å². The molecule has 1 saturated heterocycles. The van der Waals surface area contributed by atoms with E-state index in [4.69, 9.17) is 23.8 Å². The van der Waals surface area contributed by atoms with Gasteiger partial charge in [-0.3, -0.25) is 28.5 Å². The van der Waals surface area contributed by atoms with Crippen LogP contribution in [0.25, 0.3) is 11.8 Å². The lowest BCUT2D eigenvalue weighted by atomic mass is 10.0. The molecule has 3 heterocycles. The predicted molar refractivity (Wildman–Crippen MR) is 176 cm³/mol. The summed E-state index contributed by atoms with van der Waals surface area (Å²) in [5.41, 5.74) is 2.29. The van der Waals surface area contributed by atoms with Gasteiger partial charge in [0.05, 0.1) is 16.3 Å². The van der Waals surface area contributed by atoms with E-state index in [0.29, 0.717) is 39.9 Å². The Labute approximate surface area is 262 Å². The quantitative estimate of drug-likeness (QED) is 0.212. The van der Waals surface area contributed by atoms with Gasteiger partial charge in [0.1, 0.15) is 23.1 Å². The zero-order valence-electron chi connectivity index (χ0n) is 23.8. The van der Waals surface area contributed by atoms with Crippen molar-refractivity contribution in [3.05, 3.63) is 113 Å². The molecule has 5 rings (SSSR count). The van der Waals surface area contributed by atoms with Crippen molar-refractivity contribution in [2.45, 2.75) is 33.9 Å². The molecular weight excluding hydrogens is 604 g/mol. The number of hydrogen-bond acceptors (Lipinski definition) is 7. The van der Waals surface area contributed by atoms with Crippen molar-refractivity contribution in [2.75, 3.05) is 10.2 Å². The molecule has 0 radical (unpaired) electrons. The summed E-state index contributed by atoms with van der Waals surface area (Å²) in [4.78, 5) is 42.4. The lowest BCUT2D eigenvalue weighted by Gasteiger charge is -2.19. The third-order valence-electron chi connectivity index (χ3n) is 7.41. The molecule has 0 atom stereocenters. The number of carbonyl (C=O) groups is 1. The summed E-state index contributed by atoms with van der Waals surface area (Å²) in [5.74, 6) is -0.0262. The molecule has 0 bridgehead atoms. The van der Waals surface area contributed by atoms with Gasteiger partial charge in [-0.25, -0.2) is 4.68 Å². The summed E-state index contributed by atoms with van der Waals surface area (Å²) in [6, 6.07) is 18.5. The molecule has 1 aliphatic rings. The van der Waals surface area contributed by atoms with Crippen molar-refractivity contribution >= 4 is 63.4 Å². The van der Waals surface area contributed by atoms with E-state index < -0.39 is 11.5 Å². The molecule has 1 fully saturated rings. The molecule has 2 aromatic heterocycles. The summed E-state index contributed by atoms with van der Waals surface area (Å²) in [7, 11) is 1.75. The first-order chi connectivity index (χ1) is 20.6. The van der Waals surface area contributed by atoms with Crippen LogP contribution in [0.3, 0.4) is 0 Å². The van der Waals surface area contributed by atoms with Gasteiger partial charge in [-0.2, -0.15) is 5.26 Å². The van der Waals surface area contributed by atoms with Crippen molar-refractivity contribution < 1.29 is 4.79 Å². The Morgan fingerprint density at radius 3 is 2.37 bits per heavy atom. The zero-order chi connectivity index (χ0) is 31.0. The molecule has 1 N–H and O–H groups in total. The average molecular weight is 631 g/mol. The lowest BCUT2D eigenvalue weighted by molar-refractivity contribution is -0.113. The molecule has 4 aromatic rings. The fraction of sp³-hybridized carbons (Fsp3) is 0.194. The minimum absolute atomic E-state index is 0.0171. The number of para-hydroxylation sites is 1. The van der Waals surface area contributed by atoms with E-state index in [-0.39, 0.29) is 32.6 Å². The summed E-state index contributed by atoms with van der Waals surface area (Å²) in [5, 5.41) is 13.7. The van der Waals surface area contributed by atoms with Gasteiger partial charge in [0.15, 0.2) is 4.32 Å². The number of thioether (sulfide) groups is 1. The maximum Gasteiger partial charge on any atom is 0.296 e. The molecule has 1 amide bonds. The maximum absolute atomic E-state index is 13.9. The van der Waals surface area contributed by atoms with E-state index in [1.54, 1.807) is 44.6 Å². The van der Waals surface area contributed by atoms with Crippen LogP contribution in [0.2, 0.25) is 5.02 Å². The van der Waals surface area contributed by atoms with Gasteiger partial charge in [0.25, 0.3) is 17.0 Å². The van der Waals surface area contributed by atoms with Gasteiger partial charge in [-0.1, -0.05) is 72.0 Å². The van der Waals surface area contributed by atoms with Crippen LogP contribution in [0.4, 0.5) is 11.5 Å². The van der Waals surface area contributed by atoms with Crippen LogP contribution in [0.1, 0.15) is 34.9 Å². The average Bonchev–Trinajstić information content (AvgIpc) is 3.39. The van der Waals surface area contributed by atoms with E-state index >= 15 is 0 Å². The van der Waals surface area contributed by atoms with Crippen molar-refractivity contribution in [3.63, 3.8) is 0 Å². The molecule has 43 heavy (non-hydrogen) atoms. The third kappa shape index (κ3) is 5.22. The SMILES string of the molecule is CCn1c(NCc2ccccc2Cl)c(/C=C2/SC(=S)N(c3c(C)n(C)n(-c4ccccc4)c3=O)C2=O)c(C)c(C#N)c1=O. The fourth-order valence-electron chi connectivity index (χ4n) is 5.08. The maximum atomic E-state index is 13.9. The number of nitrogens with one attached hydrogen (secondary N) is 1. The van der Waals surface area contributed by atoms with Crippen LogP contribution in [0.5, 0.6) is 0 Å². The number of hydrogen-bond donors (Lipinski definition) is 1. The van der Waals surface area contributed by atoms with E-state index in [1.807, 2.05) is 54.6 Å². The second-order valence-electron chi connectivity index (χ2n) is 9.80. The normalized spacial score (nSPS) is 14.0. The lowest BCUT2D eigenvalue weighted by Crippen LogP contribution is -2.33. The molecule has 12 heteroatoms. The molecule has 0 unspecified atom stereocenters. The molecule has 1 aliphatic heterocycles. The minimum atomic E-state index is -0.467. The Morgan fingerprint density at radius 1 is 1.05 bits per heavy atom. The molecule has 2 aromatic carbocycles. The van der Waals surface area contributed by atoms with Crippen LogP contribution >= 0.6 is 35.6 Å².